The number of hydrogen-bond donors (Lipinski definition) is 1. The van der Waals surface area contributed by atoms with Crippen LogP contribution in [-0.4, -0.2) is 49.3 Å². The first kappa shape index (κ1) is 14.9. The lowest BCUT2D eigenvalue weighted by molar-refractivity contribution is -0.0779. The molecule has 17 heavy (non-hydrogen) atoms. The summed E-state index contributed by atoms with van der Waals surface area (Å²) in [6.07, 6.45) is 3.41. The molecule has 0 bridgehead atoms. The smallest absolute Gasteiger partial charge is 0.0666 e. The molecule has 0 amide bonds. The third kappa shape index (κ3) is 4.94. The van der Waals surface area contributed by atoms with Gasteiger partial charge in [-0.15, -0.1) is 0 Å². The lowest BCUT2D eigenvalue weighted by atomic mass is 9.90. The van der Waals surface area contributed by atoms with Crippen molar-refractivity contribution in [3.63, 3.8) is 0 Å². The highest BCUT2D eigenvalue weighted by Gasteiger charge is 2.31. The molecule has 0 aromatic carbocycles. The van der Waals surface area contributed by atoms with Gasteiger partial charge in [-0.3, -0.25) is 0 Å². The normalized spacial score (nSPS) is 30.2. The first-order chi connectivity index (χ1) is 7.97. The standard InChI is InChI=1S/C14H30N2O/c1-6-14(4)11-13(7-10-17-14)15-8-9-16(5)12(2)3/h12-13,15H,6-11H2,1-5H3. The van der Waals surface area contributed by atoms with E-state index in [1.807, 2.05) is 0 Å². The molecule has 1 aliphatic heterocycles. The zero-order chi connectivity index (χ0) is 12.9. The molecule has 0 radical (unpaired) electrons. The Balaban J connectivity index is 2.23. The van der Waals surface area contributed by atoms with Crippen LogP contribution in [0.2, 0.25) is 0 Å². The molecule has 2 atom stereocenters. The van der Waals surface area contributed by atoms with Crippen LogP contribution in [0.15, 0.2) is 0 Å². The molecule has 1 fully saturated rings. The average Bonchev–Trinajstić information content (AvgIpc) is 2.29. The second kappa shape index (κ2) is 6.72. The lowest BCUT2D eigenvalue weighted by Gasteiger charge is -2.38. The van der Waals surface area contributed by atoms with Gasteiger partial charge in [0, 0.05) is 31.8 Å². The summed E-state index contributed by atoms with van der Waals surface area (Å²) < 4.78 is 5.86. The van der Waals surface area contributed by atoms with Crippen LogP contribution >= 0.6 is 0 Å². The quantitative estimate of drug-likeness (QED) is 0.773. The Morgan fingerprint density at radius 2 is 2.18 bits per heavy atom. The van der Waals surface area contributed by atoms with Crippen LogP contribution in [0.5, 0.6) is 0 Å². The van der Waals surface area contributed by atoms with Gasteiger partial charge < -0.3 is 15.0 Å². The van der Waals surface area contributed by atoms with Crippen LogP contribution in [-0.2, 0) is 4.74 Å². The monoisotopic (exact) mass is 242 g/mol. The van der Waals surface area contributed by atoms with Crippen molar-refractivity contribution in [1.29, 1.82) is 0 Å². The first-order valence-electron chi connectivity index (χ1n) is 7.04. The molecule has 1 heterocycles. The third-order valence-corrected chi connectivity index (χ3v) is 4.12. The van der Waals surface area contributed by atoms with Crippen LogP contribution < -0.4 is 5.32 Å². The van der Waals surface area contributed by atoms with Crippen molar-refractivity contribution >= 4 is 0 Å². The van der Waals surface area contributed by atoms with Crippen LogP contribution in [0.1, 0.15) is 47.0 Å². The van der Waals surface area contributed by atoms with Gasteiger partial charge in [-0.2, -0.15) is 0 Å². The minimum Gasteiger partial charge on any atom is -0.375 e. The predicted octanol–water partition coefficient (Wildman–Crippen LogP) is 2.26. The van der Waals surface area contributed by atoms with E-state index in [-0.39, 0.29) is 5.60 Å². The minimum atomic E-state index is 0.0971. The van der Waals surface area contributed by atoms with E-state index in [0.29, 0.717) is 12.1 Å². The van der Waals surface area contributed by atoms with Crippen LogP contribution in [0.4, 0.5) is 0 Å². The maximum absolute atomic E-state index is 5.86. The van der Waals surface area contributed by atoms with E-state index in [0.717, 1.165) is 39.0 Å². The second-order valence-electron chi connectivity index (χ2n) is 5.87. The van der Waals surface area contributed by atoms with Gasteiger partial charge in [-0.05, 0) is 47.1 Å². The van der Waals surface area contributed by atoms with E-state index in [1.165, 1.54) is 0 Å². The summed E-state index contributed by atoms with van der Waals surface area (Å²) in [5.41, 5.74) is 0.0971. The van der Waals surface area contributed by atoms with Crippen LogP contribution in [0, 0.1) is 0 Å². The maximum Gasteiger partial charge on any atom is 0.0666 e. The molecule has 0 aromatic heterocycles. The van der Waals surface area contributed by atoms with Gasteiger partial charge in [0.05, 0.1) is 5.60 Å². The Labute approximate surface area is 107 Å². The molecule has 102 valence electrons. The summed E-state index contributed by atoms with van der Waals surface area (Å²) in [5.74, 6) is 0. The summed E-state index contributed by atoms with van der Waals surface area (Å²) in [5, 5.41) is 3.68. The zero-order valence-corrected chi connectivity index (χ0v) is 12.3. The summed E-state index contributed by atoms with van der Waals surface area (Å²) >= 11 is 0. The Hall–Kier alpha value is -0.120. The van der Waals surface area contributed by atoms with Crippen molar-refractivity contribution < 1.29 is 4.74 Å². The van der Waals surface area contributed by atoms with Gasteiger partial charge in [-0.25, -0.2) is 0 Å². The number of hydrogen-bond acceptors (Lipinski definition) is 3. The number of nitrogens with zero attached hydrogens (tertiary/aromatic N) is 1. The van der Waals surface area contributed by atoms with Crippen molar-refractivity contribution in [2.24, 2.45) is 0 Å². The zero-order valence-electron chi connectivity index (χ0n) is 12.3. The molecular weight excluding hydrogens is 212 g/mol. The van der Waals surface area contributed by atoms with Crippen molar-refractivity contribution in [2.75, 3.05) is 26.7 Å². The van der Waals surface area contributed by atoms with Crippen LogP contribution in [0.25, 0.3) is 0 Å². The number of nitrogens with one attached hydrogen (secondary N) is 1. The van der Waals surface area contributed by atoms with Gasteiger partial charge in [0.15, 0.2) is 0 Å². The molecule has 2 unspecified atom stereocenters. The van der Waals surface area contributed by atoms with Gasteiger partial charge in [0.25, 0.3) is 0 Å². The fraction of sp³-hybridized carbons (Fsp3) is 1.00. The average molecular weight is 242 g/mol. The topological polar surface area (TPSA) is 24.5 Å². The van der Waals surface area contributed by atoms with E-state index >= 15 is 0 Å². The molecule has 1 rings (SSSR count). The SMILES string of the molecule is CCC1(C)CC(NCCN(C)C(C)C)CCO1. The number of ether oxygens (including phenoxy) is 1. The summed E-state index contributed by atoms with van der Waals surface area (Å²) in [6, 6.07) is 1.27. The molecule has 1 aliphatic rings. The molecule has 0 aromatic rings. The van der Waals surface area contributed by atoms with Gasteiger partial charge in [-0.1, -0.05) is 6.92 Å². The first-order valence-corrected chi connectivity index (χ1v) is 7.04. The highest BCUT2D eigenvalue weighted by molar-refractivity contribution is 4.85. The van der Waals surface area contributed by atoms with Gasteiger partial charge in [0.2, 0.25) is 0 Å². The molecule has 3 nitrogen and oxygen atoms in total. The lowest BCUT2D eigenvalue weighted by Crippen LogP contribution is -2.47. The van der Waals surface area contributed by atoms with Gasteiger partial charge >= 0.3 is 0 Å². The summed E-state index contributed by atoms with van der Waals surface area (Å²) in [6.45, 7) is 12.0. The molecular formula is C14H30N2O. The molecule has 0 aliphatic carbocycles. The molecule has 0 spiro atoms. The second-order valence-corrected chi connectivity index (χ2v) is 5.87. The minimum absolute atomic E-state index is 0.0971. The van der Waals surface area contributed by atoms with E-state index in [1.54, 1.807) is 0 Å². The molecule has 0 saturated carbocycles. The Morgan fingerprint density at radius 1 is 1.47 bits per heavy atom. The summed E-state index contributed by atoms with van der Waals surface area (Å²) in [7, 11) is 2.19. The van der Waals surface area contributed by atoms with Gasteiger partial charge in [0.1, 0.15) is 0 Å². The Morgan fingerprint density at radius 3 is 2.76 bits per heavy atom. The Bertz CT molecular complexity index is 220. The maximum atomic E-state index is 5.86. The van der Waals surface area contributed by atoms with E-state index in [9.17, 15) is 0 Å². The fourth-order valence-electron chi connectivity index (χ4n) is 2.25. The predicted molar refractivity (Wildman–Crippen MR) is 73.4 cm³/mol. The summed E-state index contributed by atoms with van der Waals surface area (Å²) in [4.78, 5) is 2.38. The highest BCUT2D eigenvalue weighted by atomic mass is 16.5. The number of rotatable bonds is 6. The van der Waals surface area contributed by atoms with Crippen molar-refractivity contribution in [3.05, 3.63) is 0 Å². The molecule has 1 saturated heterocycles. The Kier molecular flexibility index (Phi) is 5.90. The van der Waals surface area contributed by atoms with Crippen LogP contribution in [0.3, 0.4) is 0 Å². The van der Waals surface area contributed by atoms with E-state index in [4.69, 9.17) is 4.74 Å². The number of likely N-dealkylation sites (N-methyl/N-ethyl adjacent to an activating group) is 1. The largest absolute Gasteiger partial charge is 0.375 e. The molecule has 3 heteroatoms. The van der Waals surface area contributed by atoms with E-state index < -0.39 is 0 Å². The third-order valence-electron chi connectivity index (χ3n) is 4.12. The van der Waals surface area contributed by atoms with Crippen molar-refractivity contribution in [1.82, 2.24) is 10.2 Å². The highest BCUT2D eigenvalue weighted by Crippen LogP contribution is 2.27. The van der Waals surface area contributed by atoms with Crippen molar-refractivity contribution in [3.8, 4) is 0 Å². The van der Waals surface area contributed by atoms with Crippen molar-refractivity contribution in [2.45, 2.75) is 64.6 Å². The fourth-order valence-corrected chi connectivity index (χ4v) is 2.25. The van der Waals surface area contributed by atoms with E-state index in [2.05, 4.69) is 45.0 Å². The molecule has 1 N–H and O–H groups in total.